The van der Waals surface area contributed by atoms with Gasteiger partial charge in [-0.25, -0.2) is 12.8 Å². The average Bonchev–Trinajstić information content (AvgIpc) is 3.16. The molecular formula is C22H24ClFN4O3S. The zero-order valence-corrected chi connectivity index (χ0v) is 19.5. The summed E-state index contributed by atoms with van der Waals surface area (Å²) in [5, 5.41) is 4.52. The lowest BCUT2D eigenvalue weighted by Crippen LogP contribution is -2.39. The SMILES string of the molecule is CC(C)(C)c1nc(-c2cc3c(cc2F)S(=O)(=O)C[C@H](N)CN3Cc2ccc(Cl)cc2)no1. The minimum absolute atomic E-state index is 0.0626. The zero-order valence-electron chi connectivity index (χ0n) is 18.0. The molecule has 0 aliphatic carbocycles. The lowest BCUT2D eigenvalue weighted by atomic mass is 9.97. The van der Waals surface area contributed by atoms with Gasteiger partial charge in [0.25, 0.3) is 0 Å². The molecule has 2 N–H and O–H groups in total. The molecule has 0 radical (unpaired) electrons. The Morgan fingerprint density at radius 2 is 1.94 bits per heavy atom. The summed E-state index contributed by atoms with van der Waals surface area (Å²) in [5.41, 5.74) is 7.04. The largest absolute Gasteiger partial charge is 0.365 e. The number of nitrogens with two attached hydrogens (primary N) is 1. The number of fused-ring (bicyclic) bond motifs is 1. The van der Waals surface area contributed by atoms with Crippen molar-refractivity contribution in [3.63, 3.8) is 0 Å². The zero-order chi connectivity index (χ0) is 23.3. The van der Waals surface area contributed by atoms with Crippen LogP contribution in [0.15, 0.2) is 45.8 Å². The van der Waals surface area contributed by atoms with Crippen LogP contribution >= 0.6 is 11.6 Å². The standard InChI is InChI=1S/C22H24ClFN4O3S/c1-22(2,3)21-26-20(27-31-21)16-8-18-19(9-17(16)24)32(29,30)12-15(25)11-28(18)10-13-4-6-14(23)7-5-13/h4-9,15H,10-12,25H2,1-3H3/t15-/m1/s1. The molecule has 1 aliphatic rings. The topological polar surface area (TPSA) is 102 Å². The van der Waals surface area contributed by atoms with Crippen LogP contribution < -0.4 is 10.6 Å². The fourth-order valence-corrected chi connectivity index (χ4v) is 5.38. The minimum atomic E-state index is -3.79. The number of halogens is 2. The third-order valence-corrected chi connectivity index (χ3v) is 7.32. The van der Waals surface area contributed by atoms with Crippen LogP contribution in [0, 0.1) is 5.82 Å². The van der Waals surface area contributed by atoms with Crippen LogP contribution in [0.3, 0.4) is 0 Å². The fraction of sp³-hybridized carbons (Fsp3) is 0.364. The highest BCUT2D eigenvalue weighted by Gasteiger charge is 2.33. The van der Waals surface area contributed by atoms with Crippen molar-refractivity contribution in [2.75, 3.05) is 17.2 Å². The first-order valence-corrected chi connectivity index (χ1v) is 12.1. The van der Waals surface area contributed by atoms with E-state index in [1.54, 1.807) is 12.1 Å². The Hall–Kier alpha value is -2.49. The number of sulfone groups is 1. The Balaban J connectivity index is 1.84. The van der Waals surface area contributed by atoms with E-state index in [1.807, 2.05) is 37.8 Å². The van der Waals surface area contributed by atoms with Gasteiger partial charge < -0.3 is 15.2 Å². The van der Waals surface area contributed by atoms with E-state index in [2.05, 4.69) is 10.1 Å². The number of hydrogen-bond acceptors (Lipinski definition) is 7. The highest BCUT2D eigenvalue weighted by atomic mass is 35.5. The van der Waals surface area contributed by atoms with Crippen LogP contribution in [0.5, 0.6) is 0 Å². The number of rotatable bonds is 3. The molecule has 170 valence electrons. The molecule has 1 atom stereocenters. The first-order chi connectivity index (χ1) is 14.9. The Bertz CT molecular complexity index is 1250. The van der Waals surface area contributed by atoms with Gasteiger partial charge in [-0.15, -0.1) is 0 Å². The van der Waals surface area contributed by atoms with Crippen molar-refractivity contribution >= 4 is 27.1 Å². The monoisotopic (exact) mass is 478 g/mol. The summed E-state index contributed by atoms with van der Waals surface area (Å²) >= 11 is 5.98. The van der Waals surface area contributed by atoms with Crippen LogP contribution in [0.2, 0.25) is 5.02 Å². The van der Waals surface area contributed by atoms with Gasteiger partial charge in [-0.1, -0.05) is 49.7 Å². The molecule has 0 amide bonds. The van der Waals surface area contributed by atoms with Gasteiger partial charge in [-0.05, 0) is 29.8 Å². The molecule has 7 nitrogen and oxygen atoms in total. The molecule has 3 aromatic rings. The maximum Gasteiger partial charge on any atom is 0.232 e. The fourth-order valence-electron chi connectivity index (χ4n) is 3.61. The van der Waals surface area contributed by atoms with Crippen LogP contribution in [0.4, 0.5) is 10.1 Å². The molecule has 10 heteroatoms. The smallest absolute Gasteiger partial charge is 0.232 e. The van der Waals surface area contributed by atoms with E-state index in [0.717, 1.165) is 11.6 Å². The number of benzene rings is 2. The molecule has 0 saturated heterocycles. The second kappa shape index (κ2) is 8.13. The molecule has 1 aromatic heterocycles. The molecule has 0 unspecified atom stereocenters. The molecule has 0 fully saturated rings. The van der Waals surface area contributed by atoms with Crippen molar-refractivity contribution in [3.8, 4) is 11.4 Å². The quantitative estimate of drug-likeness (QED) is 0.608. The molecule has 0 spiro atoms. The first kappa shape index (κ1) is 22.7. The lowest BCUT2D eigenvalue weighted by molar-refractivity contribution is 0.321. The number of anilines is 1. The summed E-state index contributed by atoms with van der Waals surface area (Å²) < 4.78 is 46.3. The van der Waals surface area contributed by atoms with Gasteiger partial charge in [0.2, 0.25) is 11.7 Å². The third-order valence-electron chi connectivity index (χ3n) is 5.21. The van der Waals surface area contributed by atoms with Crippen molar-refractivity contribution in [3.05, 3.63) is 58.7 Å². The molecule has 4 rings (SSSR count). The van der Waals surface area contributed by atoms with Crippen LogP contribution in [0.25, 0.3) is 11.4 Å². The Morgan fingerprint density at radius 1 is 1.25 bits per heavy atom. The van der Waals surface area contributed by atoms with Gasteiger partial charge in [-0.3, -0.25) is 0 Å². The summed E-state index contributed by atoms with van der Waals surface area (Å²) in [7, 11) is -3.79. The van der Waals surface area contributed by atoms with E-state index >= 15 is 4.39 Å². The minimum Gasteiger partial charge on any atom is -0.365 e. The summed E-state index contributed by atoms with van der Waals surface area (Å²) in [5.74, 6) is -0.593. The predicted molar refractivity (Wildman–Crippen MR) is 121 cm³/mol. The van der Waals surface area contributed by atoms with Crippen molar-refractivity contribution in [1.82, 2.24) is 10.1 Å². The highest BCUT2D eigenvalue weighted by Crippen LogP contribution is 2.36. The second-order valence-corrected chi connectivity index (χ2v) is 11.5. The molecule has 32 heavy (non-hydrogen) atoms. The van der Waals surface area contributed by atoms with Crippen molar-refractivity contribution < 1.29 is 17.3 Å². The van der Waals surface area contributed by atoms with Crippen molar-refractivity contribution in [2.45, 2.75) is 43.7 Å². The summed E-state index contributed by atoms with van der Waals surface area (Å²) in [6.45, 7) is 6.36. The van der Waals surface area contributed by atoms with Gasteiger partial charge in [0.05, 0.1) is 21.9 Å². The van der Waals surface area contributed by atoms with E-state index in [9.17, 15) is 8.42 Å². The van der Waals surface area contributed by atoms with Gasteiger partial charge in [-0.2, -0.15) is 4.98 Å². The predicted octanol–water partition coefficient (Wildman–Crippen LogP) is 3.95. The molecule has 2 heterocycles. The van der Waals surface area contributed by atoms with Gasteiger partial charge in [0, 0.05) is 29.6 Å². The number of aromatic nitrogens is 2. The maximum atomic E-state index is 15.1. The molecule has 0 bridgehead atoms. The van der Waals surface area contributed by atoms with E-state index in [-0.39, 0.29) is 28.6 Å². The average molecular weight is 479 g/mol. The molecule has 1 aliphatic heterocycles. The summed E-state index contributed by atoms with van der Waals surface area (Å²) in [6, 6.07) is 9.08. The number of nitrogens with zero attached hydrogens (tertiary/aromatic N) is 3. The Kier molecular flexibility index (Phi) is 5.77. The van der Waals surface area contributed by atoms with Crippen molar-refractivity contribution in [1.29, 1.82) is 0 Å². The highest BCUT2D eigenvalue weighted by molar-refractivity contribution is 7.91. The molecular weight excluding hydrogens is 455 g/mol. The first-order valence-electron chi connectivity index (χ1n) is 10.1. The van der Waals surface area contributed by atoms with Crippen LogP contribution in [0.1, 0.15) is 32.2 Å². The summed E-state index contributed by atoms with van der Waals surface area (Å²) in [6.07, 6.45) is 0. The Morgan fingerprint density at radius 3 is 2.56 bits per heavy atom. The molecule has 2 aromatic carbocycles. The van der Waals surface area contributed by atoms with Gasteiger partial charge >= 0.3 is 0 Å². The second-order valence-electron chi connectivity index (χ2n) is 9.02. The van der Waals surface area contributed by atoms with Gasteiger partial charge in [0.15, 0.2) is 9.84 Å². The van der Waals surface area contributed by atoms with Crippen LogP contribution in [-0.2, 0) is 21.8 Å². The maximum absolute atomic E-state index is 15.1. The number of hydrogen-bond donors (Lipinski definition) is 1. The third kappa shape index (κ3) is 4.51. The Labute approximate surface area is 191 Å². The normalized spacial score (nSPS) is 18.3. The van der Waals surface area contributed by atoms with E-state index < -0.39 is 27.1 Å². The van der Waals surface area contributed by atoms with Crippen molar-refractivity contribution in [2.24, 2.45) is 5.73 Å². The van der Waals surface area contributed by atoms with Gasteiger partial charge in [0.1, 0.15) is 5.82 Å². The summed E-state index contributed by atoms with van der Waals surface area (Å²) in [4.78, 5) is 6.07. The van der Waals surface area contributed by atoms with Crippen LogP contribution in [-0.4, -0.2) is 36.9 Å². The lowest BCUT2D eigenvalue weighted by Gasteiger charge is -2.26. The van der Waals surface area contributed by atoms with E-state index in [4.69, 9.17) is 21.9 Å². The van der Waals surface area contributed by atoms with E-state index in [0.29, 0.717) is 23.1 Å². The molecule has 0 saturated carbocycles. The van der Waals surface area contributed by atoms with E-state index in [1.165, 1.54) is 6.07 Å².